The van der Waals surface area contributed by atoms with Gasteiger partial charge < -0.3 is 14.2 Å². The van der Waals surface area contributed by atoms with Crippen LogP contribution in [0, 0.1) is 0 Å². The van der Waals surface area contributed by atoms with E-state index in [0.717, 1.165) is 83.5 Å². The molecule has 0 fully saturated rings. The monoisotopic (exact) mass is 1040 g/mol. The molecule has 74 heavy (non-hydrogen) atoms. The van der Waals surface area contributed by atoms with Crippen LogP contribution in [0.3, 0.4) is 0 Å². The average Bonchev–Trinajstić information content (AvgIpc) is 3.40. The van der Waals surface area contributed by atoms with E-state index in [1.807, 2.05) is 0 Å². The molecule has 0 amide bonds. The summed E-state index contributed by atoms with van der Waals surface area (Å²) in [4.78, 5) is 38.0. The molecule has 1 atom stereocenters. The van der Waals surface area contributed by atoms with Gasteiger partial charge in [0, 0.05) is 19.3 Å². The largest absolute Gasteiger partial charge is 0.462 e. The summed E-state index contributed by atoms with van der Waals surface area (Å²) < 4.78 is 16.8. The predicted molar refractivity (Wildman–Crippen MR) is 321 cm³/mol. The Balaban J connectivity index is 3.92. The first-order valence-corrected chi connectivity index (χ1v) is 33.3. The molecule has 0 heterocycles. The highest BCUT2D eigenvalue weighted by Crippen LogP contribution is 2.19. The first-order chi connectivity index (χ1) is 36.5. The fourth-order valence-corrected chi connectivity index (χ4v) is 10.2. The zero-order valence-corrected chi connectivity index (χ0v) is 50.1. The highest BCUT2D eigenvalue weighted by molar-refractivity contribution is 5.71. The smallest absolute Gasteiger partial charge is 0.306 e. The molecule has 0 aromatic carbocycles. The number of carbonyl (C=O) groups excluding carboxylic acids is 3. The van der Waals surface area contributed by atoms with Crippen LogP contribution >= 0.6 is 0 Å². The molecule has 6 heteroatoms. The fraction of sp³-hybridized carbons (Fsp3) is 0.897. The van der Waals surface area contributed by atoms with Gasteiger partial charge in [-0.05, 0) is 44.9 Å². The molecule has 0 radical (unpaired) electrons. The highest BCUT2D eigenvalue weighted by atomic mass is 16.6. The molecule has 0 saturated carbocycles. The number of rotatable bonds is 62. The van der Waals surface area contributed by atoms with Gasteiger partial charge in [0.25, 0.3) is 0 Å². The van der Waals surface area contributed by atoms with E-state index >= 15 is 0 Å². The molecule has 0 aromatic rings. The SMILES string of the molecule is CCCC/C=C\C/C=C\CCCCCCCC(=O)OC(COC(=O)CCCCCCCCCC)COC(=O)CCCCCCCCCCCCCCCCCCCCCCCCCCCCCCCCCCCC. The van der Waals surface area contributed by atoms with Crippen LogP contribution < -0.4 is 0 Å². The second-order valence-corrected chi connectivity index (χ2v) is 22.7. The number of allylic oxidation sites excluding steroid dienone is 4. The van der Waals surface area contributed by atoms with Crippen molar-refractivity contribution < 1.29 is 28.6 Å². The summed E-state index contributed by atoms with van der Waals surface area (Å²) in [5.41, 5.74) is 0. The van der Waals surface area contributed by atoms with Crippen molar-refractivity contribution >= 4 is 17.9 Å². The lowest BCUT2D eigenvalue weighted by molar-refractivity contribution is -0.167. The lowest BCUT2D eigenvalue weighted by Gasteiger charge is -2.18. The predicted octanol–water partition coefficient (Wildman–Crippen LogP) is 22.6. The number of hydrogen-bond donors (Lipinski definition) is 0. The number of carbonyl (C=O) groups is 3. The van der Waals surface area contributed by atoms with E-state index in [2.05, 4.69) is 45.1 Å². The first kappa shape index (κ1) is 71.9. The molecule has 436 valence electrons. The molecule has 0 bridgehead atoms. The van der Waals surface area contributed by atoms with E-state index in [0.29, 0.717) is 19.3 Å². The third kappa shape index (κ3) is 60.8. The van der Waals surface area contributed by atoms with Gasteiger partial charge in [-0.3, -0.25) is 14.4 Å². The van der Waals surface area contributed by atoms with Gasteiger partial charge in [0.15, 0.2) is 6.10 Å². The first-order valence-electron chi connectivity index (χ1n) is 33.3. The second kappa shape index (κ2) is 63.4. The van der Waals surface area contributed by atoms with Gasteiger partial charge >= 0.3 is 17.9 Å². The van der Waals surface area contributed by atoms with Gasteiger partial charge in [0.1, 0.15) is 13.2 Å². The van der Waals surface area contributed by atoms with Crippen molar-refractivity contribution in [3.8, 4) is 0 Å². The Kier molecular flexibility index (Phi) is 61.6. The third-order valence-electron chi connectivity index (χ3n) is 15.2. The molecule has 0 N–H and O–H groups in total. The summed E-state index contributed by atoms with van der Waals surface area (Å²) in [6, 6.07) is 0. The normalized spacial score (nSPS) is 12.1. The van der Waals surface area contributed by atoms with Crippen molar-refractivity contribution in [2.24, 2.45) is 0 Å². The average molecular weight is 1040 g/mol. The minimum Gasteiger partial charge on any atom is -0.462 e. The third-order valence-corrected chi connectivity index (χ3v) is 15.2. The minimum atomic E-state index is -0.773. The van der Waals surface area contributed by atoms with Crippen molar-refractivity contribution in [1.29, 1.82) is 0 Å². The Bertz CT molecular complexity index is 1190. The van der Waals surface area contributed by atoms with Gasteiger partial charge in [-0.15, -0.1) is 0 Å². The molecule has 0 aliphatic carbocycles. The number of hydrogen-bond acceptors (Lipinski definition) is 6. The Morgan fingerprint density at radius 1 is 0.270 bits per heavy atom. The van der Waals surface area contributed by atoms with Gasteiger partial charge in [0.2, 0.25) is 0 Å². The molecular formula is C68H128O6. The summed E-state index contributed by atoms with van der Waals surface area (Å²) in [5, 5.41) is 0. The quantitative estimate of drug-likeness (QED) is 0.0261. The molecule has 0 aliphatic heterocycles. The van der Waals surface area contributed by atoms with Crippen molar-refractivity contribution in [3.63, 3.8) is 0 Å². The summed E-state index contributed by atoms with van der Waals surface area (Å²) in [6.07, 6.45) is 76.7. The van der Waals surface area contributed by atoms with Gasteiger partial charge in [0.05, 0.1) is 0 Å². The molecule has 0 spiro atoms. The molecule has 0 aliphatic rings. The summed E-state index contributed by atoms with van der Waals surface area (Å²) in [7, 11) is 0. The maximum atomic E-state index is 12.8. The van der Waals surface area contributed by atoms with Crippen molar-refractivity contribution in [1.82, 2.24) is 0 Å². The molecule has 0 aromatic heterocycles. The van der Waals surface area contributed by atoms with E-state index in [9.17, 15) is 14.4 Å². The van der Waals surface area contributed by atoms with Gasteiger partial charge in [-0.25, -0.2) is 0 Å². The Morgan fingerprint density at radius 3 is 0.784 bits per heavy atom. The van der Waals surface area contributed by atoms with Crippen LogP contribution in [0.1, 0.15) is 374 Å². The van der Waals surface area contributed by atoms with Crippen molar-refractivity contribution in [2.75, 3.05) is 13.2 Å². The van der Waals surface area contributed by atoms with Crippen LogP contribution in [-0.4, -0.2) is 37.2 Å². The Morgan fingerprint density at radius 2 is 0.500 bits per heavy atom. The zero-order chi connectivity index (χ0) is 53.6. The van der Waals surface area contributed by atoms with E-state index in [1.165, 1.54) is 250 Å². The van der Waals surface area contributed by atoms with Crippen LogP contribution in [0.4, 0.5) is 0 Å². The minimum absolute atomic E-state index is 0.0721. The number of unbranched alkanes of at least 4 members (excludes halogenated alkanes) is 47. The van der Waals surface area contributed by atoms with Crippen molar-refractivity contribution in [2.45, 2.75) is 380 Å². The number of esters is 3. The van der Waals surface area contributed by atoms with E-state index in [1.54, 1.807) is 0 Å². The Hall–Kier alpha value is -2.11. The lowest BCUT2D eigenvalue weighted by atomic mass is 10.0. The highest BCUT2D eigenvalue weighted by Gasteiger charge is 2.19. The summed E-state index contributed by atoms with van der Waals surface area (Å²) >= 11 is 0. The molecule has 6 nitrogen and oxygen atoms in total. The lowest BCUT2D eigenvalue weighted by Crippen LogP contribution is -2.30. The van der Waals surface area contributed by atoms with Crippen molar-refractivity contribution in [3.05, 3.63) is 24.3 Å². The zero-order valence-electron chi connectivity index (χ0n) is 50.1. The second-order valence-electron chi connectivity index (χ2n) is 22.7. The molecule has 0 saturated heterocycles. The fourth-order valence-electron chi connectivity index (χ4n) is 10.2. The van der Waals surface area contributed by atoms with Crippen LogP contribution in [0.2, 0.25) is 0 Å². The van der Waals surface area contributed by atoms with E-state index < -0.39 is 6.10 Å². The number of ether oxygens (including phenoxy) is 3. The van der Waals surface area contributed by atoms with Crippen LogP contribution in [0.15, 0.2) is 24.3 Å². The maximum Gasteiger partial charge on any atom is 0.306 e. The standard InChI is InChI=1S/C68H128O6/c1-4-7-10-13-16-19-21-23-25-26-27-28-29-30-31-32-33-34-35-36-37-38-39-40-41-42-43-44-46-47-49-52-55-58-61-67(70)73-64-65(63-72-66(69)60-57-54-51-18-15-12-9-6-3)74-68(71)62-59-56-53-50-48-45-24-22-20-17-14-11-8-5-2/h14,17,22,24,65H,4-13,15-16,18-21,23,25-64H2,1-3H3/b17-14-,24-22-. The maximum absolute atomic E-state index is 12.8. The van der Waals surface area contributed by atoms with Crippen LogP contribution in [0.5, 0.6) is 0 Å². The van der Waals surface area contributed by atoms with Crippen LogP contribution in [-0.2, 0) is 28.6 Å². The molecule has 0 rings (SSSR count). The summed E-state index contributed by atoms with van der Waals surface area (Å²) in [5.74, 6) is -0.870. The molecule has 1 unspecified atom stereocenters. The van der Waals surface area contributed by atoms with E-state index in [-0.39, 0.29) is 31.1 Å². The Labute approximate surface area is 462 Å². The topological polar surface area (TPSA) is 78.9 Å². The van der Waals surface area contributed by atoms with Crippen LogP contribution in [0.25, 0.3) is 0 Å². The van der Waals surface area contributed by atoms with Gasteiger partial charge in [-0.2, -0.15) is 0 Å². The van der Waals surface area contributed by atoms with E-state index in [4.69, 9.17) is 14.2 Å². The molecular weight excluding hydrogens is 913 g/mol. The summed E-state index contributed by atoms with van der Waals surface area (Å²) in [6.45, 7) is 6.61. The van der Waals surface area contributed by atoms with Gasteiger partial charge in [-0.1, -0.05) is 334 Å².